The first-order valence-electron chi connectivity index (χ1n) is 10.8. The van der Waals surface area contributed by atoms with E-state index >= 15 is 0 Å². The van der Waals surface area contributed by atoms with Crippen LogP contribution in [0.5, 0.6) is 0 Å². The van der Waals surface area contributed by atoms with Gasteiger partial charge in [-0.15, -0.1) is 0 Å². The van der Waals surface area contributed by atoms with Crippen LogP contribution in [0.15, 0.2) is 23.3 Å². The van der Waals surface area contributed by atoms with Gasteiger partial charge in [0.2, 0.25) is 12.4 Å². The van der Waals surface area contributed by atoms with Gasteiger partial charge in [0.15, 0.2) is 5.82 Å². The first-order chi connectivity index (χ1) is 15.4. The smallest absolute Gasteiger partial charge is 0.216 e. The molecule has 2 aliphatic heterocycles. The summed E-state index contributed by atoms with van der Waals surface area (Å²) >= 11 is 0. The molecule has 0 radical (unpaired) electrons. The summed E-state index contributed by atoms with van der Waals surface area (Å²) in [7, 11) is 1.71. The molecule has 0 saturated carbocycles. The molecular formula is C23H29N7O2. The molecule has 1 amide bonds. The van der Waals surface area contributed by atoms with Crippen molar-refractivity contribution >= 4 is 24.0 Å². The minimum Gasteiger partial charge on any atom is -0.383 e. The summed E-state index contributed by atoms with van der Waals surface area (Å²) in [4.78, 5) is 24.0. The molecule has 2 saturated heterocycles. The van der Waals surface area contributed by atoms with Crippen molar-refractivity contribution in [1.82, 2.24) is 25.0 Å². The average Bonchev–Trinajstić information content (AvgIpc) is 3.33. The fourth-order valence-electron chi connectivity index (χ4n) is 4.36. The second-order valence-corrected chi connectivity index (χ2v) is 8.67. The summed E-state index contributed by atoms with van der Waals surface area (Å²) in [5.41, 5.74) is 8.22. The number of aromatic amines is 1. The molecule has 168 valence electrons. The van der Waals surface area contributed by atoms with Crippen molar-refractivity contribution in [3.8, 4) is 11.8 Å². The Morgan fingerprint density at radius 3 is 2.88 bits per heavy atom. The van der Waals surface area contributed by atoms with Crippen LogP contribution >= 0.6 is 0 Å². The van der Waals surface area contributed by atoms with Gasteiger partial charge in [-0.25, -0.2) is 4.98 Å². The van der Waals surface area contributed by atoms with Crippen molar-refractivity contribution in [2.75, 3.05) is 32.5 Å². The Labute approximate surface area is 188 Å². The number of H-pyrrole nitrogens is 1. The number of hydrogen-bond donors (Lipinski definition) is 2. The molecule has 32 heavy (non-hydrogen) atoms. The Balaban J connectivity index is 1.55. The van der Waals surface area contributed by atoms with Gasteiger partial charge in [-0.3, -0.25) is 14.8 Å². The number of amides is 1. The number of anilines is 1. The van der Waals surface area contributed by atoms with E-state index in [-0.39, 0.29) is 5.41 Å². The fraction of sp³-hybridized carbons (Fsp3) is 0.478. The molecule has 3 N–H and O–H groups in total. The summed E-state index contributed by atoms with van der Waals surface area (Å²) in [5.74, 6) is 7.56. The topological polar surface area (TPSA) is 113 Å². The van der Waals surface area contributed by atoms with Crippen LogP contribution in [0.4, 0.5) is 11.6 Å². The van der Waals surface area contributed by atoms with Crippen molar-refractivity contribution in [2.45, 2.75) is 39.2 Å². The Bertz CT molecular complexity index is 1070. The largest absolute Gasteiger partial charge is 0.383 e. The van der Waals surface area contributed by atoms with E-state index in [4.69, 9.17) is 15.5 Å². The van der Waals surface area contributed by atoms with Crippen LogP contribution in [0.3, 0.4) is 0 Å². The van der Waals surface area contributed by atoms with Crippen LogP contribution in [-0.4, -0.2) is 70.2 Å². The van der Waals surface area contributed by atoms with E-state index in [2.05, 4.69) is 38.8 Å². The van der Waals surface area contributed by atoms with E-state index < -0.39 is 0 Å². The highest BCUT2D eigenvalue weighted by Gasteiger charge is 2.41. The zero-order chi connectivity index (χ0) is 22.7. The Kier molecular flexibility index (Phi) is 6.15. The second kappa shape index (κ2) is 9.01. The van der Waals surface area contributed by atoms with Crippen LogP contribution in [-0.2, 0) is 9.53 Å². The van der Waals surface area contributed by atoms with Crippen LogP contribution in [0.25, 0.3) is 0 Å². The standard InChI is InChI=1S/C23H29N7O2/c1-16-13-23(14-32-16)8-11-30(12-9-23)22(29(3)15-31)26-21-17(2)19(27-28-21)7-6-18-5-4-10-25-20(18)24/h4-5,10,15-16H,8-9,11-14H2,1-3H3,(H2,24,25)(H,27,28)/t16-/m0/s1. The highest BCUT2D eigenvalue weighted by molar-refractivity contribution is 5.90. The highest BCUT2D eigenvalue weighted by atomic mass is 16.5. The molecule has 2 aromatic rings. The SMILES string of the molecule is Cc1c(N=C(N(C)C=O)N2CCC3(CC2)CO[C@@H](C)C3)n[nH]c1C#Cc1cccnc1N. The van der Waals surface area contributed by atoms with E-state index in [1.165, 1.54) is 4.90 Å². The molecule has 9 nitrogen and oxygen atoms in total. The highest BCUT2D eigenvalue weighted by Crippen LogP contribution is 2.42. The second-order valence-electron chi connectivity index (χ2n) is 8.67. The number of nitrogens with zero attached hydrogens (tertiary/aromatic N) is 5. The van der Waals surface area contributed by atoms with Crippen molar-refractivity contribution in [3.05, 3.63) is 35.2 Å². The van der Waals surface area contributed by atoms with Crippen LogP contribution in [0, 0.1) is 24.2 Å². The number of guanidine groups is 1. The normalized spacial score (nSPS) is 20.2. The number of nitrogen functional groups attached to an aromatic ring is 1. The van der Waals surface area contributed by atoms with Gasteiger partial charge in [0.05, 0.1) is 18.3 Å². The molecule has 2 aliphatic rings. The molecule has 1 atom stereocenters. The number of pyridine rings is 1. The first-order valence-corrected chi connectivity index (χ1v) is 10.8. The van der Waals surface area contributed by atoms with Gasteiger partial charge in [-0.1, -0.05) is 5.92 Å². The number of ether oxygens (including phenoxy) is 1. The number of nitrogens with one attached hydrogen (secondary N) is 1. The summed E-state index contributed by atoms with van der Waals surface area (Å²) < 4.78 is 5.83. The number of aliphatic imine (C=N–C) groups is 1. The molecule has 0 aromatic carbocycles. The molecule has 0 unspecified atom stereocenters. The third kappa shape index (κ3) is 4.46. The van der Waals surface area contributed by atoms with Gasteiger partial charge in [0.25, 0.3) is 0 Å². The third-order valence-corrected chi connectivity index (χ3v) is 6.33. The monoisotopic (exact) mass is 435 g/mol. The van der Waals surface area contributed by atoms with Crippen molar-refractivity contribution in [2.24, 2.45) is 10.4 Å². The molecule has 9 heteroatoms. The Hall–Kier alpha value is -3.38. The lowest BCUT2D eigenvalue weighted by Gasteiger charge is -2.40. The van der Waals surface area contributed by atoms with Crippen molar-refractivity contribution in [3.63, 3.8) is 0 Å². The zero-order valence-electron chi connectivity index (χ0n) is 18.8. The maximum absolute atomic E-state index is 11.6. The van der Waals surface area contributed by atoms with E-state index in [1.807, 2.05) is 13.0 Å². The molecule has 1 spiro atoms. The van der Waals surface area contributed by atoms with Gasteiger partial charge in [-0.2, -0.15) is 10.1 Å². The lowest BCUT2D eigenvalue weighted by atomic mass is 9.77. The third-order valence-electron chi connectivity index (χ3n) is 6.33. The lowest BCUT2D eigenvalue weighted by Crippen LogP contribution is -2.48. The van der Waals surface area contributed by atoms with Crippen LogP contribution < -0.4 is 5.73 Å². The number of piperidine rings is 1. The van der Waals surface area contributed by atoms with Crippen molar-refractivity contribution in [1.29, 1.82) is 0 Å². The number of nitrogens with two attached hydrogens (primary N) is 1. The molecule has 2 aromatic heterocycles. The molecule has 0 aliphatic carbocycles. The van der Waals surface area contributed by atoms with Gasteiger partial charge in [0.1, 0.15) is 11.5 Å². The quantitative estimate of drug-likeness (QED) is 0.323. The Morgan fingerprint density at radius 1 is 1.44 bits per heavy atom. The van der Waals surface area contributed by atoms with Crippen LogP contribution in [0.2, 0.25) is 0 Å². The van der Waals surface area contributed by atoms with E-state index in [9.17, 15) is 4.79 Å². The minimum atomic E-state index is 0.250. The summed E-state index contributed by atoms with van der Waals surface area (Å²) in [6.07, 6.45) is 5.86. The average molecular weight is 436 g/mol. The van der Waals surface area contributed by atoms with Crippen LogP contribution in [0.1, 0.15) is 43.0 Å². The maximum atomic E-state index is 11.6. The summed E-state index contributed by atoms with van der Waals surface area (Å²) in [6.45, 7) is 6.50. The predicted molar refractivity (Wildman–Crippen MR) is 122 cm³/mol. The van der Waals surface area contributed by atoms with E-state index in [0.29, 0.717) is 35.0 Å². The Morgan fingerprint density at radius 2 is 2.22 bits per heavy atom. The molecular weight excluding hydrogens is 406 g/mol. The number of rotatable bonds is 2. The molecule has 0 bridgehead atoms. The summed E-state index contributed by atoms with van der Waals surface area (Å²) in [6, 6.07) is 3.61. The first kappa shape index (κ1) is 21.8. The molecule has 4 heterocycles. The maximum Gasteiger partial charge on any atom is 0.216 e. The van der Waals surface area contributed by atoms with E-state index in [1.54, 1.807) is 19.3 Å². The predicted octanol–water partition coefficient (Wildman–Crippen LogP) is 2.06. The van der Waals surface area contributed by atoms with Gasteiger partial charge >= 0.3 is 0 Å². The zero-order valence-corrected chi connectivity index (χ0v) is 18.8. The number of carbonyl (C=O) groups excluding carboxylic acids is 1. The molecule has 4 rings (SSSR count). The van der Waals surface area contributed by atoms with Crippen molar-refractivity contribution < 1.29 is 9.53 Å². The molecule has 2 fully saturated rings. The van der Waals surface area contributed by atoms with Gasteiger partial charge in [-0.05, 0) is 56.6 Å². The number of hydrogen-bond acceptors (Lipinski definition) is 6. The number of carbonyl (C=O) groups is 1. The summed E-state index contributed by atoms with van der Waals surface area (Å²) in [5, 5.41) is 7.27. The number of likely N-dealkylation sites (tertiary alicyclic amines) is 1. The van der Waals surface area contributed by atoms with E-state index in [0.717, 1.165) is 50.9 Å². The number of aromatic nitrogens is 3. The fourth-order valence-corrected chi connectivity index (χ4v) is 4.36. The van der Waals surface area contributed by atoms with Gasteiger partial charge < -0.3 is 15.4 Å². The van der Waals surface area contributed by atoms with Gasteiger partial charge in [0, 0.05) is 31.9 Å². The lowest BCUT2D eigenvalue weighted by molar-refractivity contribution is -0.114. The minimum absolute atomic E-state index is 0.250.